The van der Waals surface area contributed by atoms with Gasteiger partial charge in [0.05, 0.1) is 5.69 Å². The normalized spacial score (nSPS) is 16.9. The van der Waals surface area contributed by atoms with Crippen molar-refractivity contribution in [2.45, 2.75) is 64.8 Å². The maximum atomic E-state index is 13.6. The molecule has 1 aliphatic rings. The van der Waals surface area contributed by atoms with Gasteiger partial charge in [-0.2, -0.15) is 0 Å². The second-order valence-corrected chi connectivity index (χ2v) is 12.8. The van der Waals surface area contributed by atoms with E-state index in [1.807, 2.05) is 30.5 Å². The van der Waals surface area contributed by atoms with Crippen LogP contribution in [-0.4, -0.2) is 72.2 Å². The molecule has 3 heterocycles. The van der Waals surface area contributed by atoms with E-state index >= 15 is 0 Å². The number of hydrogen-bond donors (Lipinski definition) is 2. The number of halogens is 1. The number of pyridine rings is 1. The maximum absolute atomic E-state index is 13.6. The summed E-state index contributed by atoms with van der Waals surface area (Å²) in [5, 5.41) is 17.4. The van der Waals surface area contributed by atoms with Crippen LogP contribution in [0.4, 0.5) is 4.79 Å². The monoisotopic (exact) mass is 644 g/mol. The van der Waals surface area contributed by atoms with Crippen LogP contribution in [0.15, 0.2) is 73.3 Å². The molecule has 0 unspecified atom stereocenters. The van der Waals surface area contributed by atoms with Crippen molar-refractivity contribution in [3.05, 3.63) is 89.5 Å². The number of rotatable bonds is 9. The topological polar surface area (TPSA) is 144 Å². The number of nitrogens with zero attached hydrogens (tertiary/aromatic N) is 6. The molecular weight excluding hydrogens is 608 g/mol. The van der Waals surface area contributed by atoms with Crippen LogP contribution in [0.2, 0.25) is 5.02 Å². The minimum Gasteiger partial charge on any atom is -0.444 e. The number of carbonyl (C=O) groups is 3. The fourth-order valence-corrected chi connectivity index (χ4v) is 5.64. The molecule has 0 aliphatic carbocycles. The minimum atomic E-state index is -0.872. The Morgan fingerprint density at radius 2 is 1.87 bits per heavy atom. The molecule has 5 rings (SSSR count). The van der Waals surface area contributed by atoms with Gasteiger partial charge in [-0.25, -0.2) is 9.48 Å². The third-order valence-corrected chi connectivity index (χ3v) is 7.87. The van der Waals surface area contributed by atoms with E-state index in [1.165, 1.54) is 15.9 Å². The summed E-state index contributed by atoms with van der Waals surface area (Å²) < 4.78 is 7.12. The number of aromatic nitrogens is 5. The van der Waals surface area contributed by atoms with Gasteiger partial charge in [-0.05, 0) is 103 Å². The highest BCUT2D eigenvalue weighted by Crippen LogP contribution is 2.29. The van der Waals surface area contributed by atoms with Crippen LogP contribution < -0.4 is 10.6 Å². The highest BCUT2D eigenvalue weighted by molar-refractivity contribution is 6.30. The summed E-state index contributed by atoms with van der Waals surface area (Å²) >= 11 is 6.20. The van der Waals surface area contributed by atoms with Crippen LogP contribution in [0.3, 0.4) is 0 Å². The maximum Gasteiger partial charge on any atom is 0.410 e. The van der Waals surface area contributed by atoms with Gasteiger partial charge in [0.25, 0.3) is 0 Å². The van der Waals surface area contributed by atoms with Gasteiger partial charge in [0.2, 0.25) is 11.8 Å². The smallest absolute Gasteiger partial charge is 0.410 e. The van der Waals surface area contributed by atoms with Crippen LogP contribution in [0, 0.1) is 5.92 Å². The molecule has 240 valence electrons. The molecule has 2 aromatic heterocycles. The molecule has 1 fully saturated rings. The van der Waals surface area contributed by atoms with E-state index in [2.05, 4.69) is 43.3 Å². The zero-order valence-electron chi connectivity index (χ0n) is 26.2. The number of ether oxygens (including phenoxy) is 1. The highest BCUT2D eigenvalue weighted by atomic mass is 35.5. The molecule has 12 nitrogen and oxygen atoms in total. The summed E-state index contributed by atoms with van der Waals surface area (Å²) in [5.74, 6) is -0.799. The van der Waals surface area contributed by atoms with Crippen molar-refractivity contribution in [1.82, 2.24) is 40.7 Å². The fraction of sp³-hybridized carbons (Fsp3) is 0.364. The predicted octanol–water partition coefficient (Wildman–Crippen LogP) is 4.37. The molecule has 2 N–H and O–H groups in total. The average molecular weight is 645 g/mol. The van der Waals surface area contributed by atoms with Crippen molar-refractivity contribution in [3.63, 3.8) is 0 Å². The Labute approximate surface area is 272 Å². The first-order valence-corrected chi connectivity index (χ1v) is 15.4. The van der Waals surface area contributed by atoms with E-state index in [0.29, 0.717) is 35.7 Å². The summed E-state index contributed by atoms with van der Waals surface area (Å²) in [6.07, 6.45) is 5.55. The van der Waals surface area contributed by atoms with Crippen molar-refractivity contribution < 1.29 is 19.1 Å². The van der Waals surface area contributed by atoms with Gasteiger partial charge in [0, 0.05) is 30.5 Å². The van der Waals surface area contributed by atoms with Crippen LogP contribution in [0.1, 0.15) is 45.2 Å². The van der Waals surface area contributed by atoms with Gasteiger partial charge in [0.1, 0.15) is 24.0 Å². The van der Waals surface area contributed by atoms with Crippen LogP contribution in [0.5, 0.6) is 0 Å². The molecule has 13 heteroatoms. The third-order valence-electron chi connectivity index (χ3n) is 7.63. The summed E-state index contributed by atoms with van der Waals surface area (Å²) in [6, 6.07) is 15.6. The standard InChI is InChI=1S/C33H37ClN8O4/c1-21(30(43)36-18-26-16-27(34)11-12-28(26)42-20-37-39-40-42)38-31(44)29-15-23(19-41(29)32(45)46-33(2,3)4)14-22-7-9-24(10-8-22)25-6-5-13-35-17-25/h5-13,16-17,20-21,23,29H,14-15,18-19H2,1-4H3,(H,36,43)(H,38,44)/t21-,23-,29+/m0/s1. The average Bonchev–Trinajstić information content (AvgIpc) is 3.71. The Hall–Kier alpha value is -4.84. The summed E-state index contributed by atoms with van der Waals surface area (Å²) in [6.45, 7) is 7.44. The van der Waals surface area contributed by atoms with Gasteiger partial charge < -0.3 is 15.4 Å². The van der Waals surface area contributed by atoms with Gasteiger partial charge in [-0.1, -0.05) is 41.9 Å². The molecule has 1 saturated heterocycles. The van der Waals surface area contributed by atoms with Gasteiger partial charge in [-0.15, -0.1) is 5.10 Å². The number of benzene rings is 2. The molecule has 0 radical (unpaired) electrons. The number of tetrazole rings is 1. The summed E-state index contributed by atoms with van der Waals surface area (Å²) in [5.41, 5.74) is 3.80. The second kappa shape index (κ2) is 14.1. The van der Waals surface area contributed by atoms with Crippen molar-refractivity contribution >= 4 is 29.5 Å². The number of likely N-dealkylation sites (tertiary alicyclic amines) is 1. The molecule has 1 aliphatic heterocycles. The Morgan fingerprint density at radius 1 is 1.09 bits per heavy atom. The molecule has 3 atom stereocenters. The quantitative estimate of drug-likeness (QED) is 0.273. The zero-order chi connectivity index (χ0) is 32.8. The molecule has 0 spiro atoms. The highest BCUT2D eigenvalue weighted by Gasteiger charge is 2.42. The van der Waals surface area contributed by atoms with E-state index in [0.717, 1.165) is 16.7 Å². The Bertz CT molecular complexity index is 1660. The minimum absolute atomic E-state index is 0.0177. The lowest BCUT2D eigenvalue weighted by Crippen LogP contribution is -2.52. The molecule has 4 aromatic rings. The van der Waals surface area contributed by atoms with Gasteiger partial charge >= 0.3 is 6.09 Å². The summed E-state index contributed by atoms with van der Waals surface area (Å²) in [4.78, 5) is 45.5. The molecule has 46 heavy (non-hydrogen) atoms. The lowest BCUT2D eigenvalue weighted by atomic mass is 9.95. The number of carbonyl (C=O) groups excluding carboxylic acids is 3. The van der Waals surface area contributed by atoms with E-state index in [4.69, 9.17) is 16.3 Å². The van der Waals surface area contributed by atoms with Gasteiger partial charge in [-0.3, -0.25) is 19.5 Å². The first-order chi connectivity index (χ1) is 22.0. The van der Waals surface area contributed by atoms with E-state index < -0.39 is 35.6 Å². The van der Waals surface area contributed by atoms with Crippen molar-refractivity contribution in [3.8, 4) is 16.8 Å². The lowest BCUT2D eigenvalue weighted by molar-refractivity contribution is -0.131. The van der Waals surface area contributed by atoms with Crippen molar-refractivity contribution in [2.24, 2.45) is 5.92 Å². The Morgan fingerprint density at radius 3 is 2.54 bits per heavy atom. The number of nitrogens with one attached hydrogen (secondary N) is 2. The van der Waals surface area contributed by atoms with Crippen LogP contribution in [0.25, 0.3) is 16.8 Å². The molecule has 2 aromatic carbocycles. The SMILES string of the molecule is C[C@H](NC(=O)[C@H]1C[C@H](Cc2ccc(-c3cccnc3)cc2)CN1C(=O)OC(C)(C)C)C(=O)NCc1cc(Cl)ccc1-n1cnnn1. The molecule has 0 bridgehead atoms. The van der Waals surface area contributed by atoms with Gasteiger partial charge in [0.15, 0.2) is 0 Å². The Kier molecular flexibility index (Phi) is 9.96. The van der Waals surface area contributed by atoms with Crippen molar-refractivity contribution in [2.75, 3.05) is 6.54 Å². The third kappa shape index (κ3) is 8.25. The lowest BCUT2D eigenvalue weighted by Gasteiger charge is -2.28. The largest absolute Gasteiger partial charge is 0.444 e. The van der Waals surface area contributed by atoms with E-state index in [9.17, 15) is 14.4 Å². The Balaban J connectivity index is 1.23. The molecule has 3 amide bonds. The van der Waals surface area contributed by atoms with Crippen LogP contribution in [-0.2, 0) is 27.3 Å². The fourth-order valence-electron chi connectivity index (χ4n) is 5.44. The van der Waals surface area contributed by atoms with Crippen LogP contribution >= 0.6 is 11.6 Å². The number of hydrogen-bond acceptors (Lipinski definition) is 8. The first kappa shape index (κ1) is 32.6. The zero-order valence-corrected chi connectivity index (χ0v) is 26.9. The van der Waals surface area contributed by atoms with E-state index in [1.54, 1.807) is 52.1 Å². The predicted molar refractivity (Wildman–Crippen MR) is 172 cm³/mol. The van der Waals surface area contributed by atoms with Crippen molar-refractivity contribution in [1.29, 1.82) is 0 Å². The van der Waals surface area contributed by atoms with E-state index in [-0.39, 0.29) is 12.5 Å². The second-order valence-electron chi connectivity index (χ2n) is 12.4. The molecular formula is C33H37ClN8O4. The number of amides is 3. The summed E-state index contributed by atoms with van der Waals surface area (Å²) in [7, 11) is 0. The molecule has 0 saturated carbocycles. The first-order valence-electron chi connectivity index (χ1n) is 15.1.